The highest BCUT2D eigenvalue weighted by molar-refractivity contribution is 5.96. The van der Waals surface area contributed by atoms with Gasteiger partial charge < -0.3 is 16.0 Å². The summed E-state index contributed by atoms with van der Waals surface area (Å²) in [7, 11) is 0. The zero-order valence-electron chi connectivity index (χ0n) is 24.5. The molecule has 3 N–H and O–H groups in total. The fourth-order valence-corrected chi connectivity index (χ4v) is 4.56. The van der Waals surface area contributed by atoms with Crippen molar-refractivity contribution in [2.75, 3.05) is 18.4 Å². The van der Waals surface area contributed by atoms with E-state index in [0.29, 0.717) is 24.9 Å². The van der Waals surface area contributed by atoms with E-state index in [1.54, 1.807) is 36.5 Å². The van der Waals surface area contributed by atoms with Crippen molar-refractivity contribution in [1.29, 1.82) is 0 Å². The predicted octanol–water partition coefficient (Wildman–Crippen LogP) is 5.41. The Kier molecular flexibility index (Phi) is 11.6. The lowest BCUT2D eigenvalue weighted by Crippen LogP contribution is -2.39. The molecule has 13 heteroatoms. The van der Waals surface area contributed by atoms with E-state index in [0.717, 1.165) is 27.7 Å². The molecular formula is C33H31F3N4O6. The number of pyridine rings is 1. The Labute approximate surface area is 262 Å². The lowest BCUT2D eigenvalue weighted by Gasteiger charge is -2.19. The van der Waals surface area contributed by atoms with Gasteiger partial charge in [0.1, 0.15) is 5.82 Å². The number of nitrogens with one attached hydrogen (secondary N) is 3. The fourth-order valence-electron chi connectivity index (χ4n) is 4.56. The number of aromatic nitrogens is 1. The smallest absolute Gasteiger partial charge is 0.370 e. The number of anilines is 1. The highest BCUT2D eigenvalue weighted by Crippen LogP contribution is 2.30. The first-order valence-corrected chi connectivity index (χ1v) is 14.4. The molecular weight excluding hydrogens is 605 g/mol. The van der Waals surface area contributed by atoms with E-state index < -0.39 is 43.0 Å². The van der Waals surface area contributed by atoms with Crippen molar-refractivity contribution in [2.45, 2.75) is 37.9 Å². The molecule has 1 heterocycles. The first-order valence-electron chi connectivity index (χ1n) is 14.4. The summed E-state index contributed by atoms with van der Waals surface area (Å²) in [5.74, 6) is -4.32. The summed E-state index contributed by atoms with van der Waals surface area (Å²) in [5.41, 5.74) is 2.21. The number of rotatable bonds is 13. The van der Waals surface area contributed by atoms with Gasteiger partial charge in [0.05, 0.1) is 19.0 Å². The molecule has 0 saturated heterocycles. The number of hydrogen-bond donors (Lipinski definition) is 3. The second-order valence-corrected chi connectivity index (χ2v) is 10.2. The minimum atomic E-state index is -5.36. The van der Waals surface area contributed by atoms with Gasteiger partial charge in [0.25, 0.3) is 0 Å². The van der Waals surface area contributed by atoms with Crippen molar-refractivity contribution in [2.24, 2.45) is 0 Å². The van der Waals surface area contributed by atoms with Crippen LogP contribution in [0.5, 0.6) is 0 Å². The molecule has 2 amide bonds. The van der Waals surface area contributed by atoms with Gasteiger partial charge in [0, 0.05) is 19.2 Å². The van der Waals surface area contributed by atoms with Crippen molar-refractivity contribution in [3.63, 3.8) is 0 Å². The van der Waals surface area contributed by atoms with Crippen molar-refractivity contribution in [3.8, 4) is 11.1 Å². The van der Waals surface area contributed by atoms with Crippen molar-refractivity contribution in [3.05, 3.63) is 96.7 Å². The molecule has 0 bridgehead atoms. The van der Waals surface area contributed by atoms with Crippen LogP contribution in [0.25, 0.3) is 21.9 Å². The predicted molar refractivity (Wildman–Crippen MR) is 163 cm³/mol. The van der Waals surface area contributed by atoms with Crippen LogP contribution in [0.1, 0.15) is 37.3 Å². The van der Waals surface area contributed by atoms with Crippen molar-refractivity contribution < 1.29 is 42.1 Å². The highest BCUT2D eigenvalue weighted by Gasteiger charge is 2.43. The lowest BCUT2D eigenvalue weighted by molar-refractivity contribution is -0.286. The first-order chi connectivity index (χ1) is 22.1. The third-order valence-electron chi connectivity index (χ3n) is 6.81. The van der Waals surface area contributed by atoms with E-state index in [-0.39, 0.29) is 12.3 Å². The average Bonchev–Trinajstić information content (AvgIpc) is 3.05. The van der Waals surface area contributed by atoms with E-state index in [1.165, 1.54) is 0 Å². The summed E-state index contributed by atoms with van der Waals surface area (Å²) in [6.07, 6.45) is -2.94. The maximum Gasteiger partial charge on any atom is 0.495 e. The number of amides is 2. The molecule has 0 saturated carbocycles. The van der Waals surface area contributed by atoms with Crippen LogP contribution in [0, 0.1) is 0 Å². The summed E-state index contributed by atoms with van der Waals surface area (Å²) < 4.78 is 37.3. The van der Waals surface area contributed by atoms with Crippen LogP contribution in [0.15, 0.2) is 91.1 Å². The number of unbranched alkanes of at least 4 members (excludes halogenated alkanes) is 1. The molecule has 0 radical (unpaired) electrons. The quantitative estimate of drug-likeness (QED) is 0.101. The standard InChI is InChI=1S/C33H31F3N4O6/c34-33(35,36)32(44)46-45-31(43)20-27(24-16-14-23(15-17-24)26-11-7-9-22-8-1-2-10-25(22)26)40-30(42)21-39-29(41)13-4-6-19-38-28-12-3-5-18-37-28/h1-3,5,7-12,14-18,27H,4,6,13,19-21H2,(H,37,38)(H,39,41)(H,40,42). The van der Waals surface area contributed by atoms with E-state index in [2.05, 4.69) is 30.7 Å². The molecule has 0 aliphatic rings. The number of alkyl halides is 3. The summed E-state index contributed by atoms with van der Waals surface area (Å²) in [6.45, 7) is 0.202. The Morgan fingerprint density at radius 3 is 2.28 bits per heavy atom. The molecule has 0 spiro atoms. The number of benzene rings is 3. The molecule has 1 unspecified atom stereocenters. The third kappa shape index (κ3) is 10.0. The number of halogens is 3. The Balaban J connectivity index is 1.35. The Morgan fingerprint density at radius 1 is 0.804 bits per heavy atom. The van der Waals surface area contributed by atoms with Crippen LogP contribution >= 0.6 is 0 Å². The van der Waals surface area contributed by atoms with Crippen LogP contribution in [-0.4, -0.2) is 48.0 Å². The molecule has 0 aliphatic carbocycles. The van der Waals surface area contributed by atoms with Crippen LogP contribution in [0.4, 0.5) is 19.0 Å². The minimum Gasteiger partial charge on any atom is -0.370 e. The topological polar surface area (TPSA) is 136 Å². The van der Waals surface area contributed by atoms with Crippen LogP contribution < -0.4 is 16.0 Å². The van der Waals surface area contributed by atoms with Gasteiger partial charge in [-0.2, -0.15) is 13.2 Å². The van der Waals surface area contributed by atoms with Crippen LogP contribution in [-0.2, 0) is 29.0 Å². The number of hydrogen-bond acceptors (Lipinski definition) is 8. The number of carbonyl (C=O) groups excluding carboxylic acids is 4. The molecule has 1 aromatic heterocycles. The van der Waals surface area contributed by atoms with Crippen LogP contribution in [0.2, 0.25) is 0 Å². The summed E-state index contributed by atoms with van der Waals surface area (Å²) in [4.78, 5) is 60.1. The Hall–Kier alpha value is -5.46. The van der Waals surface area contributed by atoms with Gasteiger partial charge in [-0.1, -0.05) is 72.8 Å². The van der Waals surface area contributed by atoms with E-state index in [9.17, 15) is 32.3 Å². The zero-order valence-corrected chi connectivity index (χ0v) is 24.5. The molecule has 10 nitrogen and oxygen atoms in total. The number of carbonyl (C=O) groups is 4. The normalized spacial score (nSPS) is 11.7. The van der Waals surface area contributed by atoms with Crippen LogP contribution in [0.3, 0.4) is 0 Å². The molecule has 240 valence electrons. The molecule has 46 heavy (non-hydrogen) atoms. The van der Waals surface area contributed by atoms with Crippen molar-refractivity contribution >= 4 is 40.3 Å². The van der Waals surface area contributed by atoms with Gasteiger partial charge in [0.15, 0.2) is 0 Å². The van der Waals surface area contributed by atoms with Gasteiger partial charge in [-0.05, 0) is 52.4 Å². The van der Waals surface area contributed by atoms with Gasteiger partial charge >= 0.3 is 18.1 Å². The Morgan fingerprint density at radius 2 is 1.54 bits per heavy atom. The average molecular weight is 637 g/mol. The van der Waals surface area contributed by atoms with E-state index >= 15 is 0 Å². The maximum atomic E-state index is 12.7. The van der Waals surface area contributed by atoms with E-state index in [4.69, 9.17) is 0 Å². The second-order valence-electron chi connectivity index (χ2n) is 10.2. The monoisotopic (exact) mass is 636 g/mol. The third-order valence-corrected chi connectivity index (χ3v) is 6.81. The lowest BCUT2D eigenvalue weighted by atomic mass is 9.95. The summed E-state index contributed by atoms with van der Waals surface area (Å²) in [6, 6.07) is 24.9. The second kappa shape index (κ2) is 16.0. The zero-order chi connectivity index (χ0) is 32.9. The molecule has 3 aromatic carbocycles. The highest BCUT2D eigenvalue weighted by atomic mass is 19.4. The Bertz CT molecular complexity index is 1640. The SMILES string of the molecule is O=C(CCCCNc1ccccn1)NCC(=O)NC(CC(=O)OOC(=O)C(F)(F)F)c1ccc(-c2cccc3ccccc23)cc1. The summed E-state index contributed by atoms with van der Waals surface area (Å²) in [5, 5.41) is 10.3. The molecule has 1 atom stereocenters. The van der Waals surface area contributed by atoms with Gasteiger partial charge in [-0.25, -0.2) is 24.3 Å². The van der Waals surface area contributed by atoms with E-state index in [1.807, 2.05) is 54.6 Å². The molecule has 0 fully saturated rings. The largest absolute Gasteiger partial charge is 0.495 e. The van der Waals surface area contributed by atoms with Gasteiger partial charge in [0.2, 0.25) is 11.8 Å². The summed E-state index contributed by atoms with van der Waals surface area (Å²) >= 11 is 0. The van der Waals surface area contributed by atoms with Gasteiger partial charge in [-0.3, -0.25) is 9.59 Å². The number of nitrogens with zero attached hydrogens (tertiary/aromatic N) is 1. The first kappa shape index (κ1) is 33.4. The maximum absolute atomic E-state index is 12.7. The minimum absolute atomic E-state index is 0.174. The molecule has 0 aliphatic heterocycles. The number of fused-ring (bicyclic) bond motifs is 1. The molecule has 4 aromatic rings. The van der Waals surface area contributed by atoms with Gasteiger partial charge in [-0.15, -0.1) is 0 Å². The molecule has 4 rings (SSSR count). The van der Waals surface area contributed by atoms with Crippen molar-refractivity contribution in [1.82, 2.24) is 15.6 Å². The fraction of sp³-hybridized carbons (Fsp3) is 0.242.